The van der Waals surface area contributed by atoms with E-state index in [1.165, 1.54) is 5.69 Å². The summed E-state index contributed by atoms with van der Waals surface area (Å²) in [4.78, 5) is 22.2. The fourth-order valence-electron chi connectivity index (χ4n) is 3.84. The number of hydrogen-bond donors (Lipinski definition) is 0. The lowest BCUT2D eigenvalue weighted by atomic mass is 10.1. The van der Waals surface area contributed by atoms with Gasteiger partial charge in [-0.05, 0) is 39.0 Å². The number of carbonyl (C=O) groups is 1. The van der Waals surface area contributed by atoms with Gasteiger partial charge in [0.2, 0.25) is 0 Å². The quantitative estimate of drug-likeness (QED) is 0.718. The summed E-state index contributed by atoms with van der Waals surface area (Å²) in [6, 6.07) is 12.3. The number of carbonyl (C=O) groups excluding carboxylic acids is 1. The van der Waals surface area contributed by atoms with Crippen molar-refractivity contribution in [3.63, 3.8) is 0 Å². The highest BCUT2D eigenvalue weighted by molar-refractivity contribution is 6.06. The van der Waals surface area contributed by atoms with Gasteiger partial charge >= 0.3 is 0 Å². The first kappa shape index (κ1) is 17.5. The number of aromatic nitrogens is 3. The summed E-state index contributed by atoms with van der Waals surface area (Å²) in [5.74, 6) is 0.0805. The lowest BCUT2D eigenvalue weighted by Crippen LogP contribution is -2.48. The van der Waals surface area contributed by atoms with Crippen LogP contribution in [0.25, 0.3) is 11.0 Å². The van der Waals surface area contributed by atoms with Crippen molar-refractivity contribution in [2.75, 3.05) is 31.1 Å². The number of amides is 1. The molecule has 6 heteroatoms. The largest absolute Gasteiger partial charge is 0.368 e. The summed E-state index contributed by atoms with van der Waals surface area (Å²) < 4.78 is 1.88. The van der Waals surface area contributed by atoms with Crippen LogP contribution < -0.4 is 4.90 Å². The maximum atomic E-state index is 13.3. The Kier molecular flexibility index (Phi) is 4.56. The minimum absolute atomic E-state index is 0.0805. The predicted octanol–water partition coefficient (Wildman–Crippen LogP) is 3.03. The van der Waals surface area contributed by atoms with Crippen molar-refractivity contribution in [1.29, 1.82) is 0 Å². The fourth-order valence-corrected chi connectivity index (χ4v) is 3.84. The predicted molar refractivity (Wildman–Crippen MR) is 107 cm³/mol. The van der Waals surface area contributed by atoms with E-state index in [1.54, 1.807) is 0 Å². The maximum absolute atomic E-state index is 13.3. The van der Waals surface area contributed by atoms with E-state index in [0.717, 1.165) is 60.7 Å². The summed E-state index contributed by atoms with van der Waals surface area (Å²) in [6.45, 7) is 9.80. The topological polar surface area (TPSA) is 54.3 Å². The monoisotopic (exact) mass is 363 g/mol. The van der Waals surface area contributed by atoms with Crippen LogP contribution in [0.15, 0.2) is 36.4 Å². The molecule has 1 aliphatic heterocycles. The molecular weight excluding hydrogens is 338 g/mol. The molecule has 1 saturated heterocycles. The van der Waals surface area contributed by atoms with Crippen LogP contribution in [0.5, 0.6) is 0 Å². The second-order valence-corrected chi connectivity index (χ2v) is 7.03. The molecule has 1 fully saturated rings. The Morgan fingerprint density at radius 2 is 1.78 bits per heavy atom. The summed E-state index contributed by atoms with van der Waals surface area (Å²) >= 11 is 0. The van der Waals surface area contributed by atoms with E-state index in [4.69, 9.17) is 0 Å². The molecule has 1 aromatic carbocycles. The van der Waals surface area contributed by atoms with Gasteiger partial charge in [0.05, 0.1) is 16.6 Å². The lowest BCUT2D eigenvalue weighted by Gasteiger charge is -2.36. The molecule has 2 aromatic heterocycles. The number of pyridine rings is 1. The van der Waals surface area contributed by atoms with Gasteiger partial charge in [-0.3, -0.25) is 4.79 Å². The summed E-state index contributed by atoms with van der Waals surface area (Å²) in [5, 5.41) is 5.45. The van der Waals surface area contributed by atoms with Crippen molar-refractivity contribution in [3.05, 3.63) is 53.3 Å². The molecule has 1 amide bonds. The molecule has 0 unspecified atom stereocenters. The molecule has 3 heterocycles. The van der Waals surface area contributed by atoms with Crippen molar-refractivity contribution in [1.82, 2.24) is 19.7 Å². The van der Waals surface area contributed by atoms with Crippen LogP contribution in [-0.4, -0.2) is 51.8 Å². The van der Waals surface area contributed by atoms with Gasteiger partial charge in [0, 0.05) is 44.1 Å². The van der Waals surface area contributed by atoms with Crippen LogP contribution in [0.1, 0.15) is 28.7 Å². The minimum Gasteiger partial charge on any atom is -0.368 e. The zero-order valence-corrected chi connectivity index (χ0v) is 16.1. The molecule has 0 bridgehead atoms. The van der Waals surface area contributed by atoms with E-state index in [-0.39, 0.29) is 5.91 Å². The third-order valence-corrected chi connectivity index (χ3v) is 5.22. The molecular formula is C21H25N5O. The zero-order valence-electron chi connectivity index (χ0n) is 16.1. The molecule has 140 valence electrons. The van der Waals surface area contributed by atoms with Gasteiger partial charge in [0.15, 0.2) is 5.65 Å². The fraction of sp³-hybridized carbons (Fsp3) is 0.381. The molecule has 4 rings (SSSR count). The van der Waals surface area contributed by atoms with Crippen molar-refractivity contribution < 1.29 is 4.79 Å². The van der Waals surface area contributed by atoms with E-state index in [9.17, 15) is 4.79 Å². The third-order valence-electron chi connectivity index (χ3n) is 5.22. The van der Waals surface area contributed by atoms with Gasteiger partial charge in [-0.1, -0.05) is 18.2 Å². The molecule has 0 spiro atoms. The highest BCUT2D eigenvalue weighted by Gasteiger charge is 2.26. The maximum Gasteiger partial charge on any atom is 0.254 e. The Balaban J connectivity index is 1.60. The average molecular weight is 363 g/mol. The van der Waals surface area contributed by atoms with E-state index in [1.807, 2.05) is 42.5 Å². The Morgan fingerprint density at radius 1 is 1.07 bits per heavy atom. The Morgan fingerprint density at radius 3 is 2.44 bits per heavy atom. The zero-order chi connectivity index (χ0) is 19.0. The molecule has 0 atom stereocenters. The second-order valence-electron chi connectivity index (χ2n) is 7.03. The summed E-state index contributed by atoms with van der Waals surface area (Å²) in [6.07, 6.45) is 0. The minimum atomic E-state index is 0.0805. The molecule has 0 aliphatic carbocycles. The van der Waals surface area contributed by atoms with Crippen molar-refractivity contribution in [2.24, 2.45) is 0 Å². The number of benzene rings is 1. The molecule has 6 nitrogen and oxygen atoms in total. The van der Waals surface area contributed by atoms with Gasteiger partial charge < -0.3 is 9.80 Å². The van der Waals surface area contributed by atoms with Crippen LogP contribution >= 0.6 is 0 Å². The molecule has 3 aromatic rings. The first-order valence-electron chi connectivity index (χ1n) is 9.52. The number of anilines is 1. The average Bonchev–Trinajstić information content (AvgIpc) is 3.03. The van der Waals surface area contributed by atoms with Gasteiger partial charge in [-0.2, -0.15) is 5.10 Å². The van der Waals surface area contributed by atoms with Crippen LogP contribution in [-0.2, 0) is 6.54 Å². The normalized spacial score (nSPS) is 14.8. The number of nitrogens with zero attached hydrogens (tertiary/aromatic N) is 5. The van der Waals surface area contributed by atoms with Crippen molar-refractivity contribution in [3.8, 4) is 0 Å². The van der Waals surface area contributed by atoms with E-state index >= 15 is 0 Å². The SMILES string of the molecule is CCn1nc(C)c2c(C(=O)N3CCN(c4ccccc4)CC3)cc(C)nc21. The number of rotatable bonds is 3. The number of aryl methyl sites for hydroxylation is 3. The summed E-state index contributed by atoms with van der Waals surface area (Å²) in [7, 11) is 0. The Labute approximate surface area is 159 Å². The molecule has 0 radical (unpaired) electrons. The van der Waals surface area contributed by atoms with Gasteiger partial charge in [0.25, 0.3) is 5.91 Å². The van der Waals surface area contributed by atoms with E-state index in [2.05, 4.69) is 39.2 Å². The van der Waals surface area contributed by atoms with Gasteiger partial charge in [-0.15, -0.1) is 0 Å². The third kappa shape index (κ3) is 3.16. The number of hydrogen-bond acceptors (Lipinski definition) is 4. The lowest BCUT2D eigenvalue weighted by molar-refractivity contribution is 0.0748. The van der Waals surface area contributed by atoms with Crippen LogP contribution in [0.4, 0.5) is 5.69 Å². The number of piperazine rings is 1. The Bertz CT molecular complexity index is 971. The molecule has 0 saturated carbocycles. The van der Waals surface area contributed by atoms with Gasteiger partial charge in [-0.25, -0.2) is 9.67 Å². The van der Waals surface area contributed by atoms with Crippen molar-refractivity contribution >= 4 is 22.6 Å². The standard InChI is InChI=1S/C21H25N5O/c1-4-26-20-19(16(3)23-26)18(14-15(2)22-20)21(27)25-12-10-24(11-13-25)17-8-6-5-7-9-17/h5-9,14H,4,10-13H2,1-3H3. The van der Waals surface area contributed by atoms with E-state index in [0.29, 0.717) is 0 Å². The molecule has 0 N–H and O–H groups in total. The molecule has 27 heavy (non-hydrogen) atoms. The first-order chi connectivity index (χ1) is 13.1. The van der Waals surface area contributed by atoms with Crippen LogP contribution in [0, 0.1) is 13.8 Å². The second kappa shape index (κ2) is 7.02. The van der Waals surface area contributed by atoms with Crippen LogP contribution in [0.3, 0.4) is 0 Å². The number of fused-ring (bicyclic) bond motifs is 1. The Hall–Kier alpha value is -2.89. The molecule has 1 aliphatic rings. The smallest absolute Gasteiger partial charge is 0.254 e. The van der Waals surface area contributed by atoms with Crippen LogP contribution in [0.2, 0.25) is 0 Å². The van der Waals surface area contributed by atoms with E-state index < -0.39 is 0 Å². The van der Waals surface area contributed by atoms with Gasteiger partial charge in [0.1, 0.15) is 0 Å². The van der Waals surface area contributed by atoms with Crippen molar-refractivity contribution in [2.45, 2.75) is 27.3 Å². The highest BCUT2D eigenvalue weighted by atomic mass is 16.2. The summed E-state index contributed by atoms with van der Waals surface area (Å²) in [5.41, 5.74) is 4.46. The highest BCUT2D eigenvalue weighted by Crippen LogP contribution is 2.24. The first-order valence-corrected chi connectivity index (χ1v) is 9.52. The number of para-hydroxylation sites is 1.